The van der Waals surface area contributed by atoms with Crippen molar-refractivity contribution in [3.05, 3.63) is 29.8 Å². The summed E-state index contributed by atoms with van der Waals surface area (Å²) in [6.07, 6.45) is 0.191. The van der Waals surface area contributed by atoms with Gasteiger partial charge in [-0.15, -0.1) is 0 Å². The Morgan fingerprint density at radius 2 is 2.22 bits per heavy atom. The molecule has 2 N–H and O–H groups in total. The summed E-state index contributed by atoms with van der Waals surface area (Å²) in [5.74, 6) is 1.53. The van der Waals surface area contributed by atoms with Gasteiger partial charge in [0.2, 0.25) is 0 Å². The van der Waals surface area contributed by atoms with Crippen LogP contribution in [0.4, 0.5) is 0 Å². The van der Waals surface area contributed by atoms with E-state index in [0.29, 0.717) is 12.5 Å². The molecule has 0 aromatic heterocycles. The van der Waals surface area contributed by atoms with Crippen LogP contribution in [0, 0.1) is 0 Å². The Labute approximate surface area is 108 Å². The van der Waals surface area contributed by atoms with E-state index in [9.17, 15) is 0 Å². The van der Waals surface area contributed by atoms with Gasteiger partial charge in [0.1, 0.15) is 5.75 Å². The van der Waals surface area contributed by atoms with Crippen LogP contribution in [-0.2, 0) is 4.74 Å². The summed E-state index contributed by atoms with van der Waals surface area (Å²) in [6.45, 7) is 5.16. The van der Waals surface area contributed by atoms with E-state index in [1.165, 1.54) is 5.56 Å². The van der Waals surface area contributed by atoms with Gasteiger partial charge in [0.15, 0.2) is 0 Å². The second-order valence-corrected chi connectivity index (χ2v) is 5.03. The molecule has 2 aliphatic heterocycles. The van der Waals surface area contributed by atoms with E-state index in [1.54, 1.807) is 0 Å². The van der Waals surface area contributed by atoms with Gasteiger partial charge in [0, 0.05) is 37.7 Å². The molecule has 2 aliphatic rings. The fourth-order valence-corrected chi connectivity index (χ4v) is 2.78. The predicted octanol–water partition coefficient (Wildman–Crippen LogP) is 0.822. The zero-order valence-electron chi connectivity index (χ0n) is 10.5. The molecule has 0 spiro atoms. The highest BCUT2D eigenvalue weighted by Gasteiger charge is 2.28. The topological polar surface area (TPSA) is 47.7 Å². The third-order valence-corrected chi connectivity index (χ3v) is 3.76. The van der Waals surface area contributed by atoms with Gasteiger partial charge < -0.3 is 15.2 Å². The molecule has 1 aromatic rings. The molecule has 4 heteroatoms. The van der Waals surface area contributed by atoms with Crippen molar-refractivity contribution in [1.29, 1.82) is 0 Å². The minimum atomic E-state index is 0.191. The molecule has 4 nitrogen and oxygen atoms in total. The second-order valence-electron chi connectivity index (χ2n) is 5.03. The summed E-state index contributed by atoms with van der Waals surface area (Å²) in [7, 11) is 0. The van der Waals surface area contributed by atoms with E-state index in [-0.39, 0.29) is 6.10 Å². The molecular weight excluding hydrogens is 228 g/mol. The van der Waals surface area contributed by atoms with Crippen molar-refractivity contribution in [1.82, 2.24) is 4.90 Å². The summed E-state index contributed by atoms with van der Waals surface area (Å²) in [4.78, 5) is 2.44. The van der Waals surface area contributed by atoms with Crippen molar-refractivity contribution in [2.45, 2.75) is 12.0 Å². The van der Waals surface area contributed by atoms with Crippen LogP contribution in [0.3, 0.4) is 0 Å². The molecule has 98 valence electrons. The van der Waals surface area contributed by atoms with Crippen LogP contribution < -0.4 is 10.5 Å². The lowest BCUT2D eigenvalue weighted by Crippen LogP contribution is -2.46. The minimum absolute atomic E-state index is 0.191. The first-order valence-electron chi connectivity index (χ1n) is 6.62. The van der Waals surface area contributed by atoms with Gasteiger partial charge in [-0.05, 0) is 6.07 Å². The van der Waals surface area contributed by atoms with Crippen molar-refractivity contribution in [2.75, 3.05) is 39.4 Å². The largest absolute Gasteiger partial charge is 0.493 e. The molecule has 3 rings (SSSR count). The van der Waals surface area contributed by atoms with Crippen LogP contribution in [-0.4, -0.2) is 50.4 Å². The van der Waals surface area contributed by atoms with Crippen LogP contribution in [0.25, 0.3) is 0 Å². The van der Waals surface area contributed by atoms with Gasteiger partial charge >= 0.3 is 0 Å². The Morgan fingerprint density at radius 3 is 3.11 bits per heavy atom. The van der Waals surface area contributed by atoms with E-state index in [4.69, 9.17) is 15.2 Å². The normalized spacial score (nSPS) is 27.8. The number of rotatable bonds is 3. The zero-order valence-corrected chi connectivity index (χ0v) is 10.5. The number of fused-ring (bicyclic) bond motifs is 1. The van der Waals surface area contributed by atoms with Crippen LogP contribution in [0.1, 0.15) is 11.5 Å². The first-order chi connectivity index (χ1) is 8.86. The van der Waals surface area contributed by atoms with Crippen LogP contribution >= 0.6 is 0 Å². The predicted molar refractivity (Wildman–Crippen MR) is 69.9 cm³/mol. The summed E-state index contributed by atoms with van der Waals surface area (Å²) >= 11 is 0. The molecule has 1 saturated heterocycles. The molecule has 2 atom stereocenters. The lowest BCUT2D eigenvalue weighted by molar-refractivity contribution is -0.0253. The Bertz CT molecular complexity index is 411. The smallest absolute Gasteiger partial charge is 0.122 e. The summed E-state index contributed by atoms with van der Waals surface area (Å²) < 4.78 is 11.3. The van der Waals surface area contributed by atoms with Gasteiger partial charge in [-0.3, -0.25) is 4.90 Å². The molecule has 2 heterocycles. The highest BCUT2D eigenvalue weighted by molar-refractivity contribution is 5.39. The highest BCUT2D eigenvalue weighted by atomic mass is 16.5. The van der Waals surface area contributed by atoms with Crippen LogP contribution in [0.2, 0.25) is 0 Å². The number of morpholine rings is 1. The zero-order chi connectivity index (χ0) is 12.4. The summed E-state index contributed by atoms with van der Waals surface area (Å²) in [5, 5.41) is 0. The lowest BCUT2D eigenvalue weighted by Gasteiger charge is -2.33. The fourth-order valence-electron chi connectivity index (χ4n) is 2.78. The molecule has 0 aliphatic carbocycles. The number of nitrogens with zero attached hydrogens (tertiary/aromatic N) is 1. The number of nitrogens with two attached hydrogens (primary N) is 1. The van der Waals surface area contributed by atoms with Gasteiger partial charge in [-0.25, -0.2) is 0 Å². The summed E-state index contributed by atoms with van der Waals surface area (Å²) in [6, 6.07) is 8.34. The van der Waals surface area contributed by atoms with Gasteiger partial charge in [-0.1, -0.05) is 18.2 Å². The molecule has 0 radical (unpaired) electrons. The van der Waals surface area contributed by atoms with Crippen LogP contribution in [0.15, 0.2) is 24.3 Å². The van der Waals surface area contributed by atoms with Gasteiger partial charge in [0.05, 0.1) is 19.3 Å². The van der Waals surface area contributed by atoms with Crippen molar-refractivity contribution >= 4 is 0 Å². The molecule has 1 aromatic carbocycles. The Morgan fingerprint density at radius 1 is 1.33 bits per heavy atom. The average Bonchev–Trinajstić information content (AvgIpc) is 2.83. The monoisotopic (exact) mass is 248 g/mol. The van der Waals surface area contributed by atoms with E-state index in [1.807, 2.05) is 6.07 Å². The second kappa shape index (κ2) is 5.26. The standard InChI is InChI=1S/C14H20N2O2/c15-7-12-9-16(5-6-17-12)8-11-10-18-14-4-2-1-3-13(11)14/h1-4,11-12H,5-10,15H2. The van der Waals surface area contributed by atoms with Crippen LogP contribution in [0.5, 0.6) is 5.75 Å². The molecule has 0 amide bonds. The van der Waals surface area contributed by atoms with E-state index >= 15 is 0 Å². The summed E-state index contributed by atoms with van der Waals surface area (Å²) in [5.41, 5.74) is 7.01. The Balaban J connectivity index is 1.64. The lowest BCUT2D eigenvalue weighted by atomic mass is 10.0. The third kappa shape index (κ3) is 2.36. The number of para-hydroxylation sites is 1. The van der Waals surface area contributed by atoms with Crippen molar-refractivity contribution in [3.8, 4) is 5.75 Å². The van der Waals surface area contributed by atoms with Gasteiger partial charge in [0.25, 0.3) is 0 Å². The molecule has 0 saturated carbocycles. The Hall–Kier alpha value is -1.10. The number of benzene rings is 1. The van der Waals surface area contributed by atoms with E-state index < -0.39 is 0 Å². The van der Waals surface area contributed by atoms with Crippen molar-refractivity contribution in [2.24, 2.45) is 5.73 Å². The average molecular weight is 248 g/mol. The molecule has 2 unspecified atom stereocenters. The molecule has 0 bridgehead atoms. The van der Waals surface area contributed by atoms with E-state index in [2.05, 4.69) is 23.1 Å². The van der Waals surface area contributed by atoms with E-state index in [0.717, 1.165) is 38.6 Å². The third-order valence-electron chi connectivity index (χ3n) is 3.76. The molecule has 18 heavy (non-hydrogen) atoms. The minimum Gasteiger partial charge on any atom is -0.493 e. The number of ether oxygens (including phenoxy) is 2. The maximum Gasteiger partial charge on any atom is 0.122 e. The quantitative estimate of drug-likeness (QED) is 0.860. The maximum absolute atomic E-state index is 5.72. The maximum atomic E-state index is 5.72. The first-order valence-corrected chi connectivity index (χ1v) is 6.62. The number of hydrogen-bond acceptors (Lipinski definition) is 4. The van der Waals surface area contributed by atoms with Crippen molar-refractivity contribution < 1.29 is 9.47 Å². The van der Waals surface area contributed by atoms with Crippen molar-refractivity contribution in [3.63, 3.8) is 0 Å². The fraction of sp³-hybridized carbons (Fsp3) is 0.571. The SMILES string of the molecule is NCC1CN(CC2COc3ccccc32)CCO1. The van der Waals surface area contributed by atoms with Gasteiger partial charge in [-0.2, -0.15) is 0 Å². The highest BCUT2D eigenvalue weighted by Crippen LogP contribution is 2.34. The molecular formula is C14H20N2O2. The number of hydrogen-bond donors (Lipinski definition) is 1. The Kier molecular flexibility index (Phi) is 3.50. The molecule has 1 fully saturated rings. The first kappa shape index (κ1) is 12.0.